The van der Waals surface area contributed by atoms with Crippen molar-refractivity contribution in [2.75, 3.05) is 33.9 Å². The summed E-state index contributed by atoms with van der Waals surface area (Å²) in [5.74, 6) is 0. The van der Waals surface area contributed by atoms with Gasteiger partial charge in [-0.05, 0) is 13.8 Å². The number of hydrogen-bond acceptors (Lipinski definition) is 3. The van der Waals surface area contributed by atoms with E-state index in [2.05, 4.69) is 4.99 Å². The van der Waals surface area contributed by atoms with Gasteiger partial charge in [0.25, 0.3) is 0 Å². The summed E-state index contributed by atoms with van der Waals surface area (Å²) in [6, 6.07) is 0. The highest BCUT2D eigenvalue weighted by Crippen LogP contribution is 1.95. The van der Waals surface area contributed by atoms with Crippen molar-refractivity contribution in [1.29, 1.82) is 0 Å². The fourth-order valence-corrected chi connectivity index (χ4v) is 0.822. The molecular weight excluding hydrogens is 168 g/mol. The van der Waals surface area contributed by atoms with Gasteiger partial charge in [0.05, 0.1) is 12.9 Å². The predicted molar refractivity (Wildman–Crippen MR) is 54.1 cm³/mol. The molecule has 0 fully saturated rings. The highest BCUT2D eigenvalue weighted by atomic mass is 16.7. The van der Waals surface area contributed by atoms with E-state index in [4.69, 9.17) is 9.47 Å². The van der Waals surface area contributed by atoms with Crippen LogP contribution < -0.4 is 0 Å². The molecule has 0 aliphatic heterocycles. The van der Waals surface area contributed by atoms with Crippen LogP contribution in [0.3, 0.4) is 0 Å². The van der Waals surface area contributed by atoms with Crippen LogP contribution in [0.5, 0.6) is 0 Å². The summed E-state index contributed by atoms with van der Waals surface area (Å²) < 4.78 is 10.6. The van der Waals surface area contributed by atoms with Crippen LogP contribution >= 0.6 is 0 Å². The minimum Gasteiger partial charge on any atom is -0.369 e. The van der Waals surface area contributed by atoms with E-state index in [1.807, 2.05) is 32.8 Å². The van der Waals surface area contributed by atoms with Crippen molar-refractivity contribution in [1.82, 2.24) is 4.90 Å². The zero-order valence-corrected chi connectivity index (χ0v) is 8.99. The lowest BCUT2D eigenvalue weighted by molar-refractivity contribution is -0.128. The molecule has 0 atom stereocenters. The summed E-state index contributed by atoms with van der Waals surface area (Å²) in [6.45, 7) is 5.76. The predicted octanol–water partition coefficient (Wildman–Crippen LogP) is 0.975. The second-order valence-corrected chi connectivity index (χ2v) is 2.78. The van der Waals surface area contributed by atoms with Gasteiger partial charge in [-0.2, -0.15) is 0 Å². The molecule has 0 saturated carbocycles. The summed E-state index contributed by atoms with van der Waals surface area (Å²) in [5.41, 5.74) is 0. The van der Waals surface area contributed by atoms with Gasteiger partial charge in [-0.1, -0.05) is 0 Å². The minimum atomic E-state index is -0.203. The average Bonchev–Trinajstić information content (AvgIpc) is 2.04. The molecule has 4 nitrogen and oxygen atoms in total. The summed E-state index contributed by atoms with van der Waals surface area (Å²) in [5, 5.41) is 0. The molecule has 0 unspecified atom stereocenters. The first-order valence-corrected chi connectivity index (χ1v) is 4.60. The van der Waals surface area contributed by atoms with Crippen molar-refractivity contribution in [2.24, 2.45) is 4.99 Å². The molecule has 78 valence electrons. The maximum atomic E-state index is 5.31. The molecule has 4 heteroatoms. The van der Waals surface area contributed by atoms with E-state index in [1.165, 1.54) is 0 Å². The lowest BCUT2D eigenvalue weighted by atomic mass is 10.6. The monoisotopic (exact) mass is 188 g/mol. The van der Waals surface area contributed by atoms with Crippen LogP contribution in [0.25, 0.3) is 0 Å². The molecular formula is C9H20N2O2. The number of aliphatic imine (C=N–C) groups is 1. The van der Waals surface area contributed by atoms with Gasteiger partial charge in [-0.15, -0.1) is 0 Å². The molecule has 0 aromatic rings. The van der Waals surface area contributed by atoms with Gasteiger partial charge in [-0.25, -0.2) is 0 Å². The third-order valence-electron chi connectivity index (χ3n) is 1.27. The molecule has 0 aromatic carbocycles. The van der Waals surface area contributed by atoms with Gasteiger partial charge in [0, 0.05) is 27.3 Å². The molecule has 0 aliphatic rings. The fraction of sp³-hybridized carbons (Fsp3) is 0.889. The smallest absolute Gasteiger partial charge is 0.176 e. The maximum absolute atomic E-state index is 5.31. The van der Waals surface area contributed by atoms with Gasteiger partial charge < -0.3 is 14.4 Å². The van der Waals surface area contributed by atoms with Crippen LogP contribution in [-0.2, 0) is 9.47 Å². The Hall–Kier alpha value is -0.610. The normalized spacial score (nSPS) is 11.5. The topological polar surface area (TPSA) is 34.1 Å². The van der Waals surface area contributed by atoms with E-state index in [-0.39, 0.29) is 6.29 Å². The molecule has 13 heavy (non-hydrogen) atoms. The standard InChI is InChI=1S/C9H20N2O2/c1-5-12-9(13-6-2)7-10-8-11(3)4/h8-9H,5-7H2,1-4H3. The Kier molecular flexibility index (Phi) is 7.63. The number of rotatable bonds is 7. The molecule has 0 bridgehead atoms. The molecule has 0 aromatic heterocycles. The largest absolute Gasteiger partial charge is 0.369 e. The Bertz CT molecular complexity index is 132. The first-order chi connectivity index (χ1) is 6.20. The third kappa shape index (κ3) is 7.74. The maximum Gasteiger partial charge on any atom is 0.176 e. The van der Waals surface area contributed by atoms with Crippen molar-refractivity contribution < 1.29 is 9.47 Å². The lowest BCUT2D eigenvalue weighted by Crippen LogP contribution is -2.21. The molecule has 0 spiro atoms. The lowest BCUT2D eigenvalue weighted by Gasteiger charge is -2.14. The third-order valence-corrected chi connectivity index (χ3v) is 1.27. The summed E-state index contributed by atoms with van der Waals surface area (Å²) >= 11 is 0. The summed E-state index contributed by atoms with van der Waals surface area (Å²) in [4.78, 5) is 6.04. The Labute approximate surface area is 80.5 Å². The van der Waals surface area contributed by atoms with E-state index >= 15 is 0 Å². The molecule has 0 saturated heterocycles. The second kappa shape index (κ2) is 8.01. The van der Waals surface area contributed by atoms with Gasteiger partial charge in [0.2, 0.25) is 0 Å². The number of ether oxygens (including phenoxy) is 2. The van der Waals surface area contributed by atoms with Crippen molar-refractivity contribution in [2.45, 2.75) is 20.1 Å². The SMILES string of the molecule is CCOC(CN=CN(C)C)OCC. The Morgan fingerprint density at radius 2 is 1.77 bits per heavy atom. The molecule has 0 radical (unpaired) electrons. The van der Waals surface area contributed by atoms with E-state index in [1.54, 1.807) is 6.34 Å². The van der Waals surface area contributed by atoms with Crippen LogP contribution in [0.1, 0.15) is 13.8 Å². The zero-order valence-electron chi connectivity index (χ0n) is 8.99. The first kappa shape index (κ1) is 12.4. The quantitative estimate of drug-likeness (QED) is 0.339. The van der Waals surface area contributed by atoms with Gasteiger partial charge in [0.15, 0.2) is 6.29 Å². The fourth-order valence-electron chi connectivity index (χ4n) is 0.822. The van der Waals surface area contributed by atoms with Crippen LogP contribution in [0.15, 0.2) is 4.99 Å². The van der Waals surface area contributed by atoms with Crippen molar-refractivity contribution in [3.8, 4) is 0 Å². The van der Waals surface area contributed by atoms with Gasteiger partial charge in [-0.3, -0.25) is 4.99 Å². The Balaban J connectivity index is 3.67. The van der Waals surface area contributed by atoms with E-state index in [0.29, 0.717) is 19.8 Å². The van der Waals surface area contributed by atoms with Crippen molar-refractivity contribution >= 4 is 6.34 Å². The molecule has 0 N–H and O–H groups in total. The molecule has 0 heterocycles. The number of hydrogen-bond donors (Lipinski definition) is 0. The Morgan fingerprint density at radius 1 is 1.23 bits per heavy atom. The van der Waals surface area contributed by atoms with Crippen LogP contribution in [0, 0.1) is 0 Å². The van der Waals surface area contributed by atoms with E-state index in [9.17, 15) is 0 Å². The van der Waals surface area contributed by atoms with E-state index < -0.39 is 0 Å². The van der Waals surface area contributed by atoms with Crippen molar-refractivity contribution in [3.05, 3.63) is 0 Å². The first-order valence-electron chi connectivity index (χ1n) is 4.60. The summed E-state index contributed by atoms with van der Waals surface area (Å²) in [7, 11) is 3.86. The highest BCUT2D eigenvalue weighted by Gasteiger charge is 2.04. The van der Waals surface area contributed by atoms with Crippen molar-refractivity contribution in [3.63, 3.8) is 0 Å². The van der Waals surface area contributed by atoms with Crippen LogP contribution in [0.2, 0.25) is 0 Å². The second-order valence-electron chi connectivity index (χ2n) is 2.78. The van der Waals surface area contributed by atoms with Gasteiger partial charge >= 0.3 is 0 Å². The summed E-state index contributed by atoms with van der Waals surface area (Å²) in [6.07, 6.45) is 1.55. The zero-order chi connectivity index (χ0) is 10.1. The Morgan fingerprint density at radius 3 is 2.15 bits per heavy atom. The molecule has 0 rings (SSSR count). The highest BCUT2D eigenvalue weighted by molar-refractivity contribution is 5.53. The minimum absolute atomic E-state index is 0.203. The molecule has 0 aliphatic carbocycles. The number of nitrogens with zero attached hydrogens (tertiary/aromatic N) is 2. The van der Waals surface area contributed by atoms with E-state index in [0.717, 1.165) is 0 Å². The van der Waals surface area contributed by atoms with Crippen LogP contribution in [0.4, 0.5) is 0 Å². The van der Waals surface area contributed by atoms with Crippen LogP contribution in [-0.4, -0.2) is 51.4 Å². The molecule has 0 amide bonds. The van der Waals surface area contributed by atoms with Gasteiger partial charge in [0.1, 0.15) is 0 Å². The average molecular weight is 188 g/mol.